The van der Waals surface area contributed by atoms with Crippen LogP contribution >= 0.6 is 0 Å². The van der Waals surface area contributed by atoms with Crippen LogP contribution in [0.15, 0.2) is 30.3 Å². The molecule has 0 N–H and O–H groups in total. The van der Waals surface area contributed by atoms with Crippen LogP contribution in [-0.2, 0) is 0 Å². The highest BCUT2D eigenvalue weighted by Crippen LogP contribution is 2.28. The molecule has 0 unspecified atom stereocenters. The van der Waals surface area contributed by atoms with Crippen LogP contribution in [0.5, 0.6) is 5.75 Å². The average molecular weight is 277 g/mol. The zero-order valence-corrected chi connectivity index (χ0v) is 10.6. The van der Waals surface area contributed by atoms with Gasteiger partial charge < -0.3 is 4.74 Å². The zero-order chi connectivity index (χ0) is 14.7. The quantitative estimate of drug-likeness (QED) is 0.848. The predicted octanol–water partition coefficient (Wildman–Crippen LogP) is 4.04. The third kappa shape index (κ3) is 2.59. The minimum Gasteiger partial charge on any atom is -0.494 e. The molecule has 2 aromatic carbocycles. The van der Waals surface area contributed by atoms with Crippen LogP contribution in [0.4, 0.5) is 13.2 Å². The van der Waals surface area contributed by atoms with Gasteiger partial charge in [0, 0.05) is 11.6 Å². The Labute approximate surface area is 114 Å². The number of hydrogen-bond donors (Lipinski definition) is 0. The molecule has 0 spiro atoms. The van der Waals surface area contributed by atoms with E-state index in [-0.39, 0.29) is 11.1 Å². The summed E-state index contributed by atoms with van der Waals surface area (Å²) in [6, 6.07) is 7.31. The van der Waals surface area contributed by atoms with Crippen molar-refractivity contribution in [2.75, 3.05) is 6.61 Å². The molecular weight excluding hydrogens is 267 g/mol. The van der Waals surface area contributed by atoms with Crippen molar-refractivity contribution in [2.24, 2.45) is 0 Å². The number of ether oxygens (including phenoxy) is 1. The monoisotopic (exact) mass is 277 g/mol. The molecule has 0 aromatic heterocycles. The summed E-state index contributed by atoms with van der Waals surface area (Å²) in [7, 11) is 0. The number of nitrogens with zero attached hydrogens (tertiary/aromatic N) is 1. The highest BCUT2D eigenvalue weighted by atomic mass is 19.1. The van der Waals surface area contributed by atoms with Gasteiger partial charge in [0.05, 0.1) is 6.61 Å². The van der Waals surface area contributed by atoms with E-state index in [1.54, 1.807) is 6.92 Å². The molecule has 2 rings (SSSR count). The molecular formula is C15H10F3NO. The molecule has 0 fully saturated rings. The van der Waals surface area contributed by atoms with Gasteiger partial charge in [-0.15, -0.1) is 0 Å². The van der Waals surface area contributed by atoms with Gasteiger partial charge in [0.15, 0.2) is 0 Å². The van der Waals surface area contributed by atoms with Crippen molar-refractivity contribution >= 4 is 0 Å². The molecule has 0 heterocycles. The topological polar surface area (TPSA) is 33.0 Å². The van der Waals surface area contributed by atoms with Gasteiger partial charge in [0.1, 0.15) is 34.8 Å². The first-order valence-corrected chi connectivity index (χ1v) is 5.88. The summed E-state index contributed by atoms with van der Waals surface area (Å²) >= 11 is 0. The highest BCUT2D eigenvalue weighted by Gasteiger charge is 2.14. The zero-order valence-electron chi connectivity index (χ0n) is 10.6. The summed E-state index contributed by atoms with van der Waals surface area (Å²) in [6.45, 7) is 2.15. The normalized spacial score (nSPS) is 10.2. The van der Waals surface area contributed by atoms with E-state index in [0.29, 0.717) is 12.4 Å². The Kier molecular flexibility index (Phi) is 3.94. The van der Waals surface area contributed by atoms with E-state index in [9.17, 15) is 13.2 Å². The van der Waals surface area contributed by atoms with Gasteiger partial charge in [0.25, 0.3) is 0 Å². The van der Waals surface area contributed by atoms with Gasteiger partial charge in [-0.2, -0.15) is 5.26 Å². The third-order valence-electron chi connectivity index (χ3n) is 2.72. The van der Waals surface area contributed by atoms with E-state index in [1.165, 1.54) is 18.2 Å². The van der Waals surface area contributed by atoms with Gasteiger partial charge in [-0.1, -0.05) is 0 Å². The number of rotatable bonds is 3. The molecule has 2 aromatic rings. The largest absolute Gasteiger partial charge is 0.494 e. The second kappa shape index (κ2) is 5.66. The lowest BCUT2D eigenvalue weighted by Gasteiger charge is -2.08. The fraction of sp³-hybridized carbons (Fsp3) is 0.133. The Balaban J connectivity index is 2.50. The maximum Gasteiger partial charge on any atom is 0.144 e. The summed E-state index contributed by atoms with van der Waals surface area (Å²) in [4.78, 5) is 0. The third-order valence-corrected chi connectivity index (χ3v) is 2.72. The van der Waals surface area contributed by atoms with E-state index in [1.807, 2.05) is 0 Å². The Morgan fingerprint density at radius 2 is 1.70 bits per heavy atom. The Morgan fingerprint density at radius 3 is 2.20 bits per heavy atom. The maximum atomic E-state index is 13.9. The molecule has 0 amide bonds. The van der Waals surface area contributed by atoms with Crippen molar-refractivity contribution in [1.29, 1.82) is 5.26 Å². The lowest BCUT2D eigenvalue weighted by molar-refractivity contribution is 0.338. The predicted molar refractivity (Wildman–Crippen MR) is 67.6 cm³/mol. The van der Waals surface area contributed by atoms with Crippen LogP contribution in [0.3, 0.4) is 0 Å². The fourth-order valence-corrected chi connectivity index (χ4v) is 1.82. The summed E-state index contributed by atoms with van der Waals surface area (Å²) in [5.41, 5.74) is -0.615. The van der Waals surface area contributed by atoms with Crippen LogP contribution in [0.25, 0.3) is 11.1 Å². The van der Waals surface area contributed by atoms with Gasteiger partial charge in [-0.05, 0) is 36.8 Å². The first-order valence-electron chi connectivity index (χ1n) is 5.88. The van der Waals surface area contributed by atoms with Crippen LogP contribution in [0.2, 0.25) is 0 Å². The van der Waals surface area contributed by atoms with E-state index in [0.717, 1.165) is 18.2 Å². The van der Waals surface area contributed by atoms with E-state index < -0.39 is 23.0 Å². The molecule has 0 atom stereocenters. The highest BCUT2D eigenvalue weighted by molar-refractivity contribution is 5.66. The Hall–Kier alpha value is -2.48. The van der Waals surface area contributed by atoms with Crippen LogP contribution in [0, 0.1) is 28.8 Å². The van der Waals surface area contributed by atoms with E-state index in [4.69, 9.17) is 10.00 Å². The molecule has 0 aliphatic rings. The van der Waals surface area contributed by atoms with Crippen LogP contribution in [0.1, 0.15) is 12.5 Å². The molecule has 5 heteroatoms. The minimum absolute atomic E-state index is 0.0274. The number of benzene rings is 2. The lowest BCUT2D eigenvalue weighted by atomic mass is 10.0. The number of nitriles is 1. The molecule has 0 saturated heterocycles. The van der Waals surface area contributed by atoms with Crippen molar-refractivity contribution in [3.8, 4) is 22.9 Å². The molecule has 0 saturated carbocycles. The summed E-state index contributed by atoms with van der Waals surface area (Å²) in [5.74, 6) is -2.35. The molecule has 102 valence electrons. The number of halogens is 3. The second-order valence-electron chi connectivity index (χ2n) is 4.00. The van der Waals surface area contributed by atoms with Crippen molar-refractivity contribution in [3.63, 3.8) is 0 Å². The van der Waals surface area contributed by atoms with Gasteiger partial charge in [-0.25, -0.2) is 13.2 Å². The smallest absolute Gasteiger partial charge is 0.144 e. The summed E-state index contributed by atoms with van der Waals surface area (Å²) in [6.07, 6.45) is 0. The second-order valence-corrected chi connectivity index (χ2v) is 4.00. The van der Waals surface area contributed by atoms with Gasteiger partial charge in [-0.3, -0.25) is 0 Å². The van der Waals surface area contributed by atoms with Crippen molar-refractivity contribution in [1.82, 2.24) is 0 Å². The average Bonchev–Trinajstić information content (AvgIpc) is 2.38. The maximum absolute atomic E-state index is 13.9. The Bertz CT molecular complexity index is 669. The van der Waals surface area contributed by atoms with Crippen molar-refractivity contribution in [2.45, 2.75) is 6.92 Å². The first kappa shape index (κ1) is 13.9. The molecule has 0 bridgehead atoms. The summed E-state index contributed by atoms with van der Waals surface area (Å²) < 4.78 is 46.1. The fourth-order valence-electron chi connectivity index (χ4n) is 1.82. The van der Waals surface area contributed by atoms with Crippen LogP contribution in [-0.4, -0.2) is 6.61 Å². The minimum atomic E-state index is -1.02. The molecule has 0 aliphatic heterocycles. The molecule has 20 heavy (non-hydrogen) atoms. The van der Waals surface area contributed by atoms with E-state index >= 15 is 0 Å². The summed E-state index contributed by atoms with van der Waals surface area (Å²) in [5, 5.41) is 8.59. The molecule has 0 aliphatic carbocycles. The van der Waals surface area contributed by atoms with Gasteiger partial charge >= 0.3 is 0 Å². The van der Waals surface area contributed by atoms with Crippen molar-refractivity contribution in [3.05, 3.63) is 53.3 Å². The van der Waals surface area contributed by atoms with Gasteiger partial charge in [0.2, 0.25) is 0 Å². The van der Waals surface area contributed by atoms with Crippen molar-refractivity contribution < 1.29 is 17.9 Å². The first-order chi connectivity index (χ1) is 9.56. The van der Waals surface area contributed by atoms with Crippen LogP contribution < -0.4 is 4.74 Å². The molecule has 0 radical (unpaired) electrons. The molecule has 2 nitrogen and oxygen atoms in total. The number of hydrogen-bond acceptors (Lipinski definition) is 2. The lowest BCUT2D eigenvalue weighted by Crippen LogP contribution is -1.95. The van der Waals surface area contributed by atoms with E-state index in [2.05, 4.69) is 0 Å². The SMILES string of the molecule is CCOc1ccc(-c2cc(F)c(C#N)c(F)c2)c(F)c1. The Morgan fingerprint density at radius 1 is 1.05 bits per heavy atom. The standard InChI is InChI=1S/C15H10F3NO/c1-2-20-10-3-4-11(15(18)7-10)9-5-13(16)12(8-19)14(17)6-9/h3-7H,2H2,1H3.